The molecule has 0 aromatic heterocycles. The summed E-state index contributed by atoms with van der Waals surface area (Å²) in [6.07, 6.45) is 0. The van der Waals surface area contributed by atoms with E-state index in [-0.39, 0.29) is 5.91 Å². The van der Waals surface area contributed by atoms with Crippen molar-refractivity contribution in [2.45, 2.75) is 26.0 Å². The summed E-state index contributed by atoms with van der Waals surface area (Å²) in [6.45, 7) is 4.16. The average molecular weight is 310 g/mol. The van der Waals surface area contributed by atoms with Crippen molar-refractivity contribution < 1.29 is 14.3 Å². The molecule has 2 N–H and O–H groups in total. The standard InChI is InChI=1S/C18H18N2O3/c1-12-6-3-4-7-13(12)11-23-15-9-5-8-14(10-15)18(2)16(21)19-17(22)20-18/h3-10H,11H2,1-2H3,(H2,19,20,21,22). The van der Waals surface area contributed by atoms with Crippen molar-refractivity contribution in [3.05, 3.63) is 65.2 Å². The number of nitrogens with one attached hydrogen (secondary N) is 2. The van der Waals surface area contributed by atoms with Crippen LogP contribution < -0.4 is 15.4 Å². The second kappa shape index (κ2) is 5.76. The van der Waals surface area contributed by atoms with Crippen LogP contribution in [0.2, 0.25) is 0 Å². The van der Waals surface area contributed by atoms with Crippen LogP contribution in [0.25, 0.3) is 0 Å². The normalized spacial score (nSPS) is 20.1. The first kappa shape index (κ1) is 15.1. The number of imide groups is 1. The number of urea groups is 1. The summed E-state index contributed by atoms with van der Waals surface area (Å²) < 4.78 is 5.84. The number of carbonyl (C=O) groups is 2. The number of rotatable bonds is 4. The minimum atomic E-state index is -1.07. The Labute approximate surface area is 134 Å². The third-order valence-corrected chi connectivity index (χ3v) is 4.11. The van der Waals surface area contributed by atoms with E-state index in [0.717, 1.165) is 11.1 Å². The molecule has 1 fully saturated rings. The summed E-state index contributed by atoms with van der Waals surface area (Å²) in [6, 6.07) is 14.8. The maximum atomic E-state index is 12.0. The Balaban J connectivity index is 1.79. The maximum absolute atomic E-state index is 12.0. The quantitative estimate of drug-likeness (QED) is 0.853. The van der Waals surface area contributed by atoms with Gasteiger partial charge in [-0.1, -0.05) is 36.4 Å². The summed E-state index contributed by atoms with van der Waals surface area (Å²) in [5.41, 5.74) is 1.89. The van der Waals surface area contributed by atoms with Crippen molar-refractivity contribution in [1.29, 1.82) is 0 Å². The molecule has 2 aromatic carbocycles. The third-order valence-electron chi connectivity index (χ3n) is 4.11. The minimum absolute atomic E-state index is 0.362. The molecule has 118 valence electrons. The monoisotopic (exact) mass is 310 g/mol. The van der Waals surface area contributed by atoms with Crippen molar-refractivity contribution >= 4 is 11.9 Å². The topological polar surface area (TPSA) is 67.4 Å². The smallest absolute Gasteiger partial charge is 0.322 e. The summed E-state index contributed by atoms with van der Waals surface area (Å²) in [5.74, 6) is 0.291. The van der Waals surface area contributed by atoms with Crippen LogP contribution in [0.15, 0.2) is 48.5 Å². The maximum Gasteiger partial charge on any atom is 0.322 e. The molecule has 0 bridgehead atoms. The zero-order valence-electron chi connectivity index (χ0n) is 13.1. The number of benzene rings is 2. The van der Waals surface area contributed by atoms with Crippen LogP contribution in [-0.4, -0.2) is 11.9 Å². The number of amides is 3. The molecule has 0 spiro atoms. The molecule has 5 nitrogen and oxygen atoms in total. The zero-order chi connectivity index (χ0) is 16.4. The molecule has 0 aliphatic carbocycles. The Bertz CT molecular complexity index is 772. The lowest BCUT2D eigenvalue weighted by molar-refractivity contribution is -0.123. The molecule has 1 unspecified atom stereocenters. The first-order valence-electron chi connectivity index (χ1n) is 7.40. The SMILES string of the molecule is Cc1ccccc1COc1cccc(C2(C)NC(=O)NC2=O)c1. The van der Waals surface area contributed by atoms with E-state index in [1.165, 1.54) is 0 Å². The number of hydrogen-bond acceptors (Lipinski definition) is 3. The van der Waals surface area contributed by atoms with Crippen LogP contribution in [0.4, 0.5) is 4.79 Å². The molecule has 23 heavy (non-hydrogen) atoms. The molecule has 5 heteroatoms. The lowest BCUT2D eigenvalue weighted by Gasteiger charge is -2.21. The molecule has 1 aliphatic rings. The van der Waals surface area contributed by atoms with E-state index in [9.17, 15) is 9.59 Å². The van der Waals surface area contributed by atoms with Gasteiger partial charge in [-0.05, 0) is 42.7 Å². The Morgan fingerprint density at radius 3 is 2.57 bits per heavy atom. The highest BCUT2D eigenvalue weighted by Crippen LogP contribution is 2.27. The molecule has 2 aromatic rings. The van der Waals surface area contributed by atoms with Gasteiger partial charge in [0.25, 0.3) is 5.91 Å². The van der Waals surface area contributed by atoms with Crippen LogP contribution in [-0.2, 0) is 16.9 Å². The fraction of sp³-hybridized carbons (Fsp3) is 0.222. The molecule has 0 saturated carbocycles. The van der Waals surface area contributed by atoms with Crippen molar-refractivity contribution in [2.75, 3.05) is 0 Å². The first-order valence-corrected chi connectivity index (χ1v) is 7.40. The molecule has 3 amide bonds. The molecule has 1 saturated heterocycles. The van der Waals surface area contributed by atoms with Gasteiger partial charge in [-0.3, -0.25) is 10.1 Å². The van der Waals surface area contributed by atoms with Gasteiger partial charge in [0.05, 0.1) is 0 Å². The Morgan fingerprint density at radius 2 is 1.87 bits per heavy atom. The van der Waals surface area contributed by atoms with E-state index in [4.69, 9.17) is 4.74 Å². The van der Waals surface area contributed by atoms with Crippen molar-refractivity contribution in [2.24, 2.45) is 0 Å². The largest absolute Gasteiger partial charge is 0.489 e. The highest BCUT2D eigenvalue weighted by Gasteiger charge is 2.43. The first-order chi connectivity index (χ1) is 11.0. The molecule has 1 aliphatic heterocycles. The lowest BCUT2D eigenvalue weighted by atomic mass is 9.92. The van der Waals surface area contributed by atoms with Gasteiger partial charge < -0.3 is 10.1 Å². The molecule has 3 rings (SSSR count). The van der Waals surface area contributed by atoms with E-state index in [0.29, 0.717) is 17.9 Å². The van der Waals surface area contributed by atoms with Gasteiger partial charge >= 0.3 is 6.03 Å². The molecule has 0 radical (unpaired) electrons. The van der Waals surface area contributed by atoms with Gasteiger partial charge in [0.2, 0.25) is 0 Å². The van der Waals surface area contributed by atoms with Gasteiger partial charge in [0.15, 0.2) is 0 Å². The van der Waals surface area contributed by atoms with E-state index in [1.807, 2.05) is 43.3 Å². The fourth-order valence-electron chi connectivity index (χ4n) is 2.58. The predicted octanol–water partition coefficient (Wildman–Crippen LogP) is 2.63. The Hall–Kier alpha value is -2.82. The van der Waals surface area contributed by atoms with Crippen LogP contribution in [0.5, 0.6) is 5.75 Å². The van der Waals surface area contributed by atoms with Crippen molar-refractivity contribution in [3.8, 4) is 5.75 Å². The van der Waals surface area contributed by atoms with Gasteiger partial charge in [0.1, 0.15) is 17.9 Å². The fourth-order valence-corrected chi connectivity index (χ4v) is 2.58. The lowest BCUT2D eigenvalue weighted by Crippen LogP contribution is -2.40. The number of carbonyl (C=O) groups excluding carboxylic acids is 2. The Morgan fingerprint density at radius 1 is 1.09 bits per heavy atom. The van der Waals surface area contributed by atoms with E-state index < -0.39 is 11.6 Å². The number of aryl methyl sites for hydroxylation is 1. The summed E-state index contributed by atoms with van der Waals surface area (Å²) >= 11 is 0. The summed E-state index contributed by atoms with van der Waals surface area (Å²) in [5, 5.41) is 4.91. The Kier molecular flexibility index (Phi) is 3.78. The summed E-state index contributed by atoms with van der Waals surface area (Å²) in [7, 11) is 0. The molecular formula is C18H18N2O3. The van der Waals surface area contributed by atoms with E-state index >= 15 is 0 Å². The number of hydrogen-bond donors (Lipinski definition) is 2. The van der Waals surface area contributed by atoms with E-state index in [1.54, 1.807) is 19.1 Å². The predicted molar refractivity (Wildman–Crippen MR) is 86.0 cm³/mol. The highest BCUT2D eigenvalue weighted by molar-refractivity contribution is 6.07. The second-order valence-corrected chi connectivity index (χ2v) is 5.78. The van der Waals surface area contributed by atoms with Crippen LogP contribution >= 0.6 is 0 Å². The zero-order valence-corrected chi connectivity index (χ0v) is 13.1. The van der Waals surface area contributed by atoms with Crippen molar-refractivity contribution in [3.63, 3.8) is 0 Å². The van der Waals surface area contributed by atoms with Gasteiger partial charge in [0, 0.05) is 0 Å². The molecule has 1 heterocycles. The third kappa shape index (κ3) is 2.90. The van der Waals surface area contributed by atoms with E-state index in [2.05, 4.69) is 10.6 Å². The average Bonchev–Trinajstić information content (AvgIpc) is 2.80. The van der Waals surface area contributed by atoms with Gasteiger partial charge in [-0.2, -0.15) is 0 Å². The number of ether oxygens (including phenoxy) is 1. The van der Waals surface area contributed by atoms with Crippen LogP contribution in [0, 0.1) is 6.92 Å². The van der Waals surface area contributed by atoms with Crippen LogP contribution in [0.1, 0.15) is 23.6 Å². The van der Waals surface area contributed by atoms with Gasteiger partial charge in [-0.25, -0.2) is 4.79 Å². The second-order valence-electron chi connectivity index (χ2n) is 5.78. The van der Waals surface area contributed by atoms with Crippen molar-refractivity contribution in [1.82, 2.24) is 10.6 Å². The highest BCUT2D eigenvalue weighted by atomic mass is 16.5. The van der Waals surface area contributed by atoms with Crippen LogP contribution in [0.3, 0.4) is 0 Å². The molecule has 1 atom stereocenters. The minimum Gasteiger partial charge on any atom is -0.489 e. The summed E-state index contributed by atoms with van der Waals surface area (Å²) in [4.78, 5) is 23.4. The molecular weight excluding hydrogens is 292 g/mol. The van der Waals surface area contributed by atoms with Gasteiger partial charge in [-0.15, -0.1) is 0 Å².